The number of thioether (sulfide) groups is 1. The van der Waals surface area contributed by atoms with E-state index in [1.165, 1.54) is 28.0 Å². The molecule has 1 amide bonds. The highest BCUT2D eigenvalue weighted by molar-refractivity contribution is 8.01. The minimum Gasteiger partial charge on any atom is -0.467 e. The van der Waals surface area contributed by atoms with E-state index in [9.17, 15) is 4.79 Å². The second-order valence-corrected chi connectivity index (χ2v) is 6.99. The zero-order valence-corrected chi connectivity index (χ0v) is 15.0. The molecule has 0 saturated carbocycles. The summed E-state index contributed by atoms with van der Waals surface area (Å²) < 4.78 is 5.90. The van der Waals surface area contributed by atoms with Crippen molar-refractivity contribution in [3.63, 3.8) is 0 Å². The molecule has 10 heteroatoms. The molecule has 0 aliphatic rings. The first-order valence-corrected chi connectivity index (χ1v) is 9.27. The van der Waals surface area contributed by atoms with Gasteiger partial charge >= 0.3 is 0 Å². The average molecular weight is 376 g/mol. The van der Waals surface area contributed by atoms with Crippen molar-refractivity contribution < 1.29 is 9.21 Å². The molecular formula is C15H16N6O2S2. The van der Waals surface area contributed by atoms with Crippen LogP contribution in [0.15, 0.2) is 27.2 Å². The number of amides is 1. The Morgan fingerprint density at radius 3 is 2.72 bits per heavy atom. The van der Waals surface area contributed by atoms with E-state index in [4.69, 9.17) is 14.9 Å². The van der Waals surface area contributed by atoms with Crippen LogP contribution < -0.4 is 5.32 Å². The first-order chi connectivity index (χ1) is 12.2. The smallest absolute Gasteiger partial charge is 0.233 e. The second kappa shape index (κ2) is 10.3. The number of anilines is 1. The zero-order valence-electron chi connectivity index (χ0n) is 13.3. The van der Waals surface area contributed by atoms with Gasteiger partial charge in [0.1, 0.15) is 5.76 Å². The summed E-state index contributed by atoms with van der Waals surface area (Å²) in [5.41, 5.74) is 0. The number of nitrogens with zero attached hydrogens (tertiary/aromatic N) is 5. The summed E-state index contributed by atoms with van der Waals surface area (Å²) in [6.45, 7) is 1.19. The van der Waals surface area contributed by atoms with Crippen LogP contribution in [0.1, 0.15) is 18.6 Å². The lowest BCUT2D eigenvalue weighted by Crippen LogP contribution is -2.34. The molecule has 0 bridgehead atoms. The van der Waals surface area contributed by atoms with Crippen LogP contribution in [0.4, 0.5) is 5.13 Å². The molecule has 2 heterocycles. The Morgan fingerprint density at radius 1 is 1.32 bits per heavy atom. The fourth-order valence-electron chi connectivity index (χ4n) is 1.86. The molecule has 8 nitrogen and oxygen atoms in total. The van der Waals surface area contributed by atoms with Gasteiger partial charge in [-0.05, 0) is 12.1 Å². The highest BCUT2D eigenvalue weighted by Crippen LogP contribution is 2.26. The third-order valence-corrected chi connectivity index (χ3v) is 5.06. The highest BCUT2D eigenvalue weighted by atomic mass is 32.2. The maximum atomic E-state index is 12.2. The maximum Gasteiger partial charge on any atom is 0.233 e. The summed E-state index contributed by atoms with van der Waals surface area (Å²) in [5, 5.41) is 29.1. The van der Waals surface area contributed by atoms with Gasteiger partial charge in [0.25, 0.3) is 0 Å². The minimum atomic E-state index is -0.115. The monoisotopic (exact) mass is 376 g/mol. The molecule has 0 aliphatic heterocycles. The first-order valence-electron chi connectivity index (χ1n) is 7.47. The molecule has 0 aliphatic carbocycles. The Hall–Kier alpha value is -2.56. The third kappa shape index (κ3) is 6.45. The summed E-state index contributed by atoms with van der Waals surface area (Å²) in [6.07, 6.45) is 2.11. The van der Waals surface area contributed by atoms with Crippen molar-refractivity contribution in [3.8, 4) is 12.1 Å². The van der Waals surface area contributed by atoms with E-state index >= 15 is 0 Å². The molecule has 0 atom stereocenters. The van der Waals surface area contributed by atoms with Crippen LogP contribution in [0.5, 0.6) is 0 Å². The van der Waals surface area contributed by atoms with Gasteiger partial charge in [-0.15, -0.1) is 10.2 Å². The molecule has 0 fully saturated rings. The SMILES string of the molecule is N#CCCN(CCC#N)C(=O)CSc1nnc(NCc2ccco2)s1. The van der Waals surface area contributed by atoms with Gasteiger partial charge in [0, 0.05) is 13.1 Å². The first kappa shape index (κ1) is 18.8. The average Bonchev–Trinajstić information content (AvgIpc) is 3.29. The van der Waals surface area contributed by atoms with Crippen LogP contribution in [0.25, 0.3) is 0 Å². The summed E-state index contributed by atoms with van der Waals surface area (Å²) in [7, 11) is 0. The largest absolute Gasteiger partial charge is 0.467 e. The quantitative estimate of drug-likeness (QED) is 0.628. The summed E-state index contributed by atoms with van der Waals surface area (Å²) in [5.74, 6) is 0.880. The van der Waals surface area contributed by atoms with Gasteiger partial charge < -0.3 is 14.6 Å². The van der Waals surface area contributed by atoms with E-state index in [2.05, 4.69) is 15.5 Å². The van der Waals surface area contributed by atoms with Crippen LogP contribution in [-0.4, -0.2) is 39.8 Å². The normalized spacial score (nSPS) is 10.0. The van der Waals surface area contributed by atoms with Crippen LogP contribution in [0.2, 0.25) is 0 Å². The van der Waals surface area contributed by atoms with E-state index in [0.717, 1.165) is 5.76 Å². The fraction of sp³-hybridized carbons (Fsp3) is 0.400. The molecule has 130 valence electrons. The Bertz CT molecular complexity index is 729. The van der Waals surface area contributed by atoms with Crippen LogP contribution in [-0.2, 0) is 11.3 Å². The van der Waals surface area contributed by atoms with E-state index < -0.39 is 0 Å². The van der Waals surface area contributed by atoms with E-state index in [-0.39, 0.29) is 24.5 Å². The number of nitriles is 2. The number of aromatic nitrogens is 2. The Morgan fingerprint density at radius 2 is 2.08 bits per heavy atom. The number of hydrogen-bond acceptors (Lipinski definition) is 9. The summed E-state index contributed by atoms with van der Waals surface area (Å²) >= 11 is 2.65. The molecule has 0 aromatic carbocycles. The van der Waals surface area contributed by atoms with Crippen molar-refractivity contribution >= 4 is 34.1 Å². The number of carbonyl (C=O) groups excluding carboxylic acids is 1. The van der Waals surface area contributed by atoms with Gasteiger partial charge in [-0.1, -0.05) is 23.1 Å². The summed E-state index contributed by atoms with van der Waals surface area (Å²) in [4.78, 5) is 13.8. The Balaban J connectivity index is 1.80. The number of carbonyl (C=O) groups is 1. The predicted molar refractivity (Wildman–Crippen MR) is 93.7 cm³/mol. The molecule has 0 radical (unpaired) electrons. The maximum absolute atomic E-state index is 12.2. The Labute approximate surface area is 153 Å². The van der Waals surface area contributed by atoms with E-state index in [1.54, 1.807) is 6.26 Å². The molecule has 2 aromatic heterocycles. The molecule has 25 heavy (non-hydrogen) atoms. The zero-order chi connectivity index (χ0) is 17.9. The molecule has 0 spiro atoms. The number of rotatable bonds is 10. The van der Waals surface area contributed by atoms with Crippen LogP contribution in [0, 0.1) is 22.7 Å². The lowest BCUT2D eigenvalue weighted by Gasteiger charge is -2.19. The fourth-order valence-corrected chi connectivity index (χ4v) is 3.51. The second-order valence-electron chi connectivity index (χ2n) is 4.79. The van der Waals surface area contributed by atoms with Crippen molar-refractivity contribution in [1.29, 1.82) is 10.5 Å². The number of furan rings is 1. The van der Waals surface area contributed by atoms with Crippen molar-refractivity contribution in [1.82, 2.24) is 15.1 Å². The van der Waals surface area contributed by atoms with E-state index in [0.29, 0.717) is 29.1 Å². The van der Waals surface area contributed by atoms with Gasteiger partial charge in [0.15, 0.2) is 4.34 Å². The highest BCUT2D eigenvalue weighted by Gasteiger charge is 2.15. The van der Waals surface area contributed by atoms with Crippen LogP contribution >= 0.6 is 23.1 Å². The number of hydrogen-bond donors (Lipinski definition) is 1. The third-order valence-electron chi connectivity index (χ3n) is 3.06. The Kier molecular flexibility index (Phi) is 7.76. The topological polar surface area (TPSA) is 119 Å². The molecule has 0 saturated heterocycles. The molecule has 2 rings (SSSR count). The molecular weight excluding hydrogens is 360 g/mol. The minimum absolute atomic E-state index is 0.115. The van der Waals surface area contributed by atoms with Crippen molar-refractivity contribution in [2.75, 3.05) is 24.2 Å². The molecule has 1 N–H and O–H groups in total. The van der Waals surface area contributed by atoms with Gasteiger partial charge in [-0.25, -0.2) is 0 Å². The van der Waals surface area contributed by atoms with Crippen molar-refractivity contribution in [2.45, 2.75) is 23.7 Å². The van der Waals surface area contributed by atoms with Gasteiger partial charge in [-0.2, -0.15) is 10.5 Å². The molecule has 0 unspecified atom stereocenters. The van der Waals surface area contributed by atoms with Gasteiger partial charge in [0.05, 0.1) is 43.5 Å². The lowest BCUT2D eigenvalue weighted by molar-refractivity contribution is -0.128. The van der Waals surface area contributed by atoms with Crippen molar-refractivity contribution in [3.05, 3.63) is 24.2 Å². The van der Waals surface area contributed by atoms with Crippen molar-refractivity contribution in [2.24, 2.45) is 0 Å². The standard InChI is InChI=1S/C15H16N6O2S2/c16-5-2-7-21(8-3-6-17)13(22)11-24-15-20-19-14(25-15)18-10-12-4-1-9-23-12/h1,4,9H,2-3,7-8,10-11H2,(H,18,19). The molecule has 2 aromatic rings. The lowest BCUT2D eigenvalue weighted by atomic mass is 10.3. The summed E-state index contributed by atoms with van der Waals surface area (Å²) in [6, 6.07) is 7.70. The van der Waals surface area contributed by atoms with Gasteiger partial charge in [0.2, 0.25) is 11.0 Å². The number of nitrogens with one attached hydrogen (secondary N) is 1. The van der Waals surface area contributed by atoms with Crippen LogP contribution in [0.3, 0.4) is 0 Å². The van der Waals surface area contributed by atoms with Gasteiger partial charge in [-0.3, -0.25) is 4.79 Å². The van der Waals surface area contributed by atoms with E-state index in [1.807, 2.05) is 24.3 Å². The predicted octanol–water partition coefficient (Wildman–Crippen LogP) is 2.49.